The lowest BCUT2D eigenvalue weighted by Gasteiger charge is -2.33. The van der Waals surface area contributed by atoms with Crippen molar-refractivity contribution in [3.05, 3.63) is 40.2 Å². The molecule has 0 aliphatic carbocycles. The number of H-pyrrole nitrogens is 1. The highest BCUT2D eigenvalue weighted by molar-refractivity contribution is 7.89. The molecule has 2 N–H and O–H groups in total. The number of hydrogen-bond donors (Lipinski definition) is 2. The first-order valence-corrected chi connectivity index (χ1v) is 13.9. The topological polar surface area (TPSA) is 103 Å². The highest BCUT2D eigenvalue weighted by Crippen LogP contribution is 2.26. The molecule has 2 saturated heterocycles. The SMILES string of the molecule is C[C@H]1CCCN(S(=O)(=O)c2ccc3[nH]c(=O)cc(C(=O)NCCCN4CCCC[C@@H]4C)c3c2)C1. The summed E-state index contributed by atoms with van der Waals surface area (Å²) in [5.74, 6) is -0.0430. The van der Waals surface area contributed by atoms with Crippen LogP contribution in [-0.2, 0) is 10.0 Å². The molecule has 3 heterocycles. The molecule has 186 valence electrons. The molecule has 2 aliphatic heterocycles. The molecule has 0 radical (unpaired) electrons. The Morgan fingerprint density at radius 1 is 1.12 bits per heavy atom. The molecule has 0 bridgehead atoms. The molecule has 34 heavy (non-hydrogen) atoms. The summed E-state index contributed by atoms with van der Waals surface area (Å²) in [5.41, 5.74) is 0.264. The molecule has 2 atom stereocenters. The van der Waals surface area contributed by atoms with Crippen LogP contribution in [0.4, 0.5) is 0 Å². The summed E-state index contributed by atoms with van der Waals surface area (Å²) in [6, 6.07) is 6.43. The van der Waals surface area contributed by atoms with Crippen LogP contribution in [-0.4, -0.2) is 67.3 Å². The average Bonchev–Trinajstić information content (AvgIpc) is 2.82. The number of piperidine rings is 2. The van der Waals surface area contributed by atoms with Crippen LogP contribution in [0.3, 0.4) is 0 Å². The van der Waals surface area contributed by atoms with Gasteiger partial charge in [0.15, 0.2) is 0 Å². The van der Waals surface area contributed by atoms with Gasteiger partial charge in [-0.25, -0.2) is 8.42 Å². The van der Waals surface area contributed by atoms with E-state index in [1.54, 1.807) is 6.07 Å². The first kappa shape index (κ1) is 24.9. The molecule has 9 heteroatoms. The summed E-state index contributed by atoms with van der Waals surface area (Å²) in [6.45, 7) is 7.82. The van der Waals surface area contributed by atoms with Crippen molar-refractivity contribution >= 4 is 26.8 Å². The van der Waals surface area contributed by atoms with Crippen LogP contribution in [0.1, 0.15) is 62.7 Å². The lowest BCUT2D eigenvalue weighted by Crippen LogP contribution is -2.39. The van der Waals surface area contributed by atoms with E-state index < -0.39 is 10.0 Å². The number of nitrogens with one attached hydrogen (secondary N) is 2. The third kappa shape index (κ3) is 5.53. The summed E-state index contributed by atoms with van der Waals surface area (Å²) >= 11 is 0. The molecule has 1 aromatic heterocycles. The van der Waals surface area contributed by atoms with Gasteiger partial charge in [-0.1, -0.05) is 13.3 Å². The third-order valence-electron chi connectivity index (χ3n) is 7.16. The Morgan fingerprint density at radius 2 is 1.94 bits per heavy atom. The van der Waals surface area contributed by atoms with E-state index in [1.165, 1.54) is 41.8 Å². The first-order chi connectivity index (χ1) is 16.3. The minimum Gasteiger partial charge on any atom is -0.352 e. The second-order valence-corrected chi connectivity index (χ2v) is 11.8. The van der Waals surface area contributed by atoms with E-state index in [0.717, 1.165) is 32.4 Å². The number of aromatic nitrogens is 1. The largest absolute Gasteiger partial charge is 0.352 e. The number of benzene rings is 1. The number of amides is 1. The van der Waals surface area contributed by atoms with E-state index in [0.29, 0.717) is 42.5 Å². The zero-order valence-electron chi connectivity index (χ0n) is 20.2. The number of carbonyl (C=O) groups excluding carboxylic acids is 1. The first-order valence-electron chi connectivity index (χ1n) is 12.4. The van der Waals surface area contributed by atoms with Gasteiger partial charge in [-0.15, -0.1) is 0 Å². The van der Waals surface area contributed by atoms with Gasteiger partial charge in [-0.2, -0.15) is 4.31 Å². The van der Waals surface area contributed by atoms with Gasteiger partial charge in [0.2, 0.25) is 15.6 Å². The van der Waals surface area contributed by atoms with Crippen LogP contribution >= 0.6 is 0 Å². The average molecular weight is 489 g/mol. The summed E-state index contributed by atoms with van der Waals surface area (Å²) in [4.78, 5) is 30.5. The minimum absolute atomic E-state index is 0.147. The highest BCUT2D eigenvalue weighted by atomic mass is 32.2. The maximum atomic E-state index is 13.3. The molecular formula is C25H36N4O4S. The predicted molar refractivity (Wildman–Crippen MR) is 134 cm³/mol. The maximum Gasteiger partial charge on any atom is 0.252 e. The lowest BCUT2D eigenvalue weighted by atomic mass is 10.0. The summed E-state index contributed by atoms with van der Waals surface area (Å²) in [5, 5.41) is 3.36. The number of fused-ring (bicyclic) bond motifs is 1. The molecule has 1 aromatic carbocycles. The van der Waals surface area contributed by atoms with Gasteiger partial charge in [0.25, 0.3) is 5.91 Å². The number of nitrogens with zero attached hydrogens (tertiary/aromatic N) is 2. The van der Waals surface area contributed by atoms with Gasteiger partial charge in [0, 0.05) is 49.2 Å². The summed E-state index contributed by atoms with van der Waals surface area (Å²) in [7, 11) is -3.67. The Labute approximate surface area is 201 Å². The molecule has 2 fully saturated rings. The zero-order chi connectivity index (χ0) is 24.3. The van der Waals surface area contributed by atoms with Gasteiger partial charge in [-0.05, 0) is 69.7 Å². The zero-order valence-corrected chi connectivity index (χ0v) is 21.0. The van der Waals surface area contributed by atoms with E-state index in [1.807, 2.05) is 0 Å². The second-order valence-electron chi connectivity index (χ2n) is 9.86. The number of carbonyl (C=O) groups is 1. The molecule has 0 saturated carbocycles. The molecular weight excluding hydrogens is 452 g/mol. The Kier molecular flexibility index (Phi) is 7.74. The van der Waals surface area contributed by atoms with Gasteiger partial charge in [-0.3, -0.25) is 9.59 Å². The minimum atomic E-state index is -3.67. The maximum absolute atomic E-state index is 13.3. The standard InChI is InChI=1S/C25H36N4O4S/c1-18-7-5-14-29(17-18)34(32,33)20-9-10-23-21(15-20)22(16-24(30)27-23)25(31)26-11-6-13-28-12-4-3-8-19(28)2/h9-10,15-16,18-19H,3-8,11-14,17H2,1-2H3,(H,26,31)(H,27,30)/t18-,19-/m0/s1. The van der Waals surface area contributed by atoms with Crippen molar-refractivity contribution in [1.82, 2.24) is 19.5 Å². The van der Waals surface area contributed by atoms with Gasteiger partial charge in [0.1, 0.15) is 0 Å². The van der Waals surface area contributed by atoms with Gasteiger partial charge >= 0.3 is 0 Å². The van der Waals surface area contributed by atoms with Crippen molar-refractivity contribution in [3.63, 3.8) is 0 Å². The number of sulfonamides is 1. The van der Waals surface area contributed by atoms with Crippen molar-refractivity contribution in [1.29, 1.82) is 0 Å². The van der Waals surface area contributed by atoms with Crippen molar-refractivity contribution < 1.29 is 13.2 Å². The Bertz CT molecular complexity index is 1190. The second kappa shape index (κ2) is 10.6. The summed E-state index contributed by atoms with van der Waals surface area (Å²) < 4.78 is 28.0. The predicted octanol–water partition coefficient (Wildman–Crippen LogP) is 2.94. The number of likely N-dealkylation sites (tertiary alicyclic amines) is 1. The van der Waals surface area contributed by atoms with Crippen molar-refractivity contribution in [2.75, 3.05) is 32.7 Å². The van der Waals surface area contributed by atoms with Crippen LogP contribution < -0.4 is 10.9 Å². The molecule has 2 aliphatic rings. The summed E-state index contributed by atoms with van der Waals surface area (Å²) in [6.07, 6.45) is 6.39. The number of aromatic amines is 1. The van der Waals surface area contributed by atoms with E-state index >= 15 is 0 Å². The molecule has 4 rings (SSSR count). The van der Waals surface area contributed by atoms with E-state index in [9.17, 15) is 18.0 Å². The van der Waals surface area contributed by atoms with Gasteiger partial charge < -0.3 is 15.2 Å². The van der Waals surface area contributed by atoms with E-state index in [-0.39, 0.29) is 21.9 Å². The molecule has 8 nitrogen and oxygen atoms in total. The van der Waals surface area contributed by atoms with Crippen LogP contribution in [0.15, 0.2) is 34.0 Å². The highest BCUT2D eigenvalue weighted by Gasteiger charge is 2.29. The van der Waals surface area contributed by atoms with Gasteiger partial charge in [0.05, 0.1) is 10.5 Å². The van der Waals surface area contributed by atoms with Crippen molar-refractivity contribution in [2.24, 2.45) is 5.92 Å². The Balaban J connectivity index is 1.51. The smallest absolute Gasteiger partial charge is 0.252 e. The molecule has 0 spiro atoms. The van der Waals surface area contributed by atoms with Crippen LogP contribution in [0.5, 0.6) is 0 Å². The van der Waals surface area contributed by atoms with Crippen LogP contribution in [0, 0.1) is 5.92 Å². The van der Waals surface area contributed by atoms with Crippen molar-refractivity contribution in [2.45, 2.75) is 63.3 Å². The normalized spacial score (nSPS) is 22.6. The fraction of sp³-hybridized carbons (Fsp3) is 0.600. The third-order valence-corrected chi connectivity index (χ3v) is 9.03. The molecule has 1 amide bonds. The quantitative estimate of drug-likeness (QED) is 0.584. The van der Waals surface area contributed by atoms with Crippen molar-refractivity contribution in [3.8, 4) is 0 Å². The Morgan fingerprint density at radius 3 is 2.71 bits per heavy atom. The van der Waals surface area contributed by atoms with E-state index in [2.05, 4.69) is 29.0 Å². The van der Waals surface area contributed by atoms with Crippen LogP contribution in [0.2, 0.25) is 0 Å². The number of hydrogen-bond acceptors (Lipinski definition) is 5. The van der Waals surface area contributed by atoms with Crippen LogP contribution in [0.25, 0.3) is 10.9 Å². The molecule has 2 aromatic rings. The number of rotatable bonds is 7. The van der Waals surface area contributed by atoms with E-state index in [4.69, 9.17) is 0 Å². The monoisotopic (exact) mass is 488 g/mol. The number of pyridine rings is 1. The fourth-order valence-electron chi connectivity index (χ4n) is 5.16. The Hall–Kier alpha value is -2.23. The fourth-order valence-corrected chi connectivity index (χ4v) is 6.79. The molecule has 0 unspecified atom stereocenters. The lowest BCUT2D eigenvalue weighted by molar-refractivity contribution is 0.0950.